The molecule has 164 valence electrons. The number of nitrogens with zero attached hydrogens (tertiary/aromatic N) is 5. The summed E-state index contributed by atoms with van der Waals surface area (Å²) < 4.78 is 21.5. The van der Waals surface area contributed by atoms with Crippen LogP contribution in [0.25, 0.3) is 0 Å². The molecule has 3 rings (SSSR count). The van der Waals surface area contributed by atoms with Crippen molar-refractivity contribution >= 4 is 35.2 Å². The minimum Gasteiger partial charge on any atom is -0.378 e. The van der Waals surface area contributed by atoms with Crippen molar-refractivity contribution in [2.24, 2.45) is 5.92 Å². The highest BCUT2D eigenvalue weighted by Crippen LogP contribution is 2.25. The minimum atomic E-state index is -0.415. The van der Waals surface area contributed by atoms with Crippen LogP contribution in [-0.4, -0.2) is 64.7 Å². The molecule has 0 unspecified atom stereocenters. The second kappa shape index (κ2) is 10.5. The fourth-order valence-electron chi connectivity index (χ4n) is 3.16. The fraction of sp³-hybridized carbons (Fsp3) is 0.550. The van der Waals surface area contributed by atoms with Gasteiger partial charge in [-0.3, -0.25) is 9.36 Å². The zero-order chi connectivity index (χ0) is 21.7. The highest BCUT2D eigenvalue weighted by atomic mass is 35.5. The van der Waals surface area contributed by atoms with Crippen LogP contribution in [0, 0.1) is 11.7 Å². The summed E-state index contributed by atoms with van der Waals surface area (Å²) in [4.78, 5) is 16.3. The van der Waals surface area contributed by atoms with Gasteiger partial charge in [-0.15, -0.1) is 10.2 Å². The Hall–Kier alpha value is -1.84. The third kappa shape index (κ3) is 5.65. The molecule has 1 saturated heterocycles. The van der Waals surface area contributed by atoms with Crippen LogP contribution < -0.4 is 4.90 Å². The standard InChI is InChI=1S/C20H27ClFN5O2S/c1-14(2)11-27-19(26-7-9-29-10-8-26)23-24-20(27)30-13-18(28)25(3)12-15-16(21)5-4-6-17(15)22/h4-6,14H,7-13H2,1-3H3. The lowest BCUT2D eigenvalue weighted by Gasteiger charge is -2.28. The number of thioether (sulfide) groups is 1. The van der Waals surface area contributed by atoms with Gasteiger partial charge >= 0.3 is 0 Å². The maximum absolute atomic E-state index is 14.0. The molecule has 0 atom stereocenters. The van der Waals surface area contributed by atoms with E-state index in [1.807, 2.05) is 0 Å². The van der Waals surface area contributed by atoms with Crippen LogP contribution in [-0.2, 0) is 22.6 Å². The van der Waals surface area contributed by atoms with E-state index in [0.29, 0.717) is 34.9 Å². The molecule has 1 amide bonds. The molecule has 10 heteroatoms. The van der Waals surface area contributed by atoms with Crippen LogP contribution in [0.3, 0.4) is 0 Å². The Kier molecular flexibility index (Phi) is 7.96. The Labute approximate surface area is 185 Å². The van der Waals surface area contributed by atoms with Crippen LogP contribution in [0.1, 0.15) is 19.4 Å². The minimum absolute atomic E-state index is 0.114. The highest BCUT2D eigenvalue weighted by molar-refractivity contribution is 7.99. The van der Waals surface area contributed by atoms with Gasteiger partial charge in [0.25, 0.3) is 0 Å². The van der Waals surface area contributed by atoms with Crippen molar-refractivity contribution in [3.8, 4) is 0 Å². The Morgan fingerprint density at radius 1 is 1.33 bits per heavy atom. The molecule has 2 heterocycles. The quantitative estimate of drug-likeness (QED) is 0.569. The van der Waals surface area contributed by atoms with Crippen LogP contribution >= 0.6 is 23.4 Å². The first-order valence-electron chi connectivity index (χ1n) is 9.92. The van der Waals surface area contributed by atoms with Crippen LogP contribution in [0.4, 0.5) is 10.3 Å². The summed E-state index contributed by atoms with van der Waals surface area (Å²) in [5, 5.41) is 9.73. The van der Waals surface area contributed by atoms with Crippen LogP contribution in [0.15, 0.2) is 23.4 Å². The number of carbonyl (C=O) groups excluding carboxylic acids is 1. The van der Waals surface area contributed by atoms with E-state index < -0.39 is 5.82 Å². The van der Waals surface area contributed by atoms with Gasteiger partial charge in [-0.05, 0) is 18.1 Å². The molecule has 7 nitrogen and oxygen atoms in total. The lowest BCUT2D eigenvalue weighted by Crippen LogP contribution is -2.38. The van der Waals surface area contributed by atoms with Gasteiger partial charge in [0.2, 0.25) is 11.9 Å². The second-order valence-electron chi connectivity index (χ2n) is 7.63. The van der Waals surface area contributed by atoms with Crippen molar-refractivity contribution in [3.63, 3.8) is 0 Å². The number of halogens is 2. The number of morpholine rings is 1. The first kappa shape index (κ1) is 22.8. The number of ether oxygens (including phenoxy) is 1. The van der Waals surface area contributed by atoms with Gasteiger partial charge in [0.05, 0.1) is 19.0 Å². The van der Waals surface area contributed by atoms with Crippen molar-refractivity contribution in [2.75, 3.05) is 44.0 Å². The summed E-state index contributed by atoms with van der Waals surface area (Å²) >= 11 is 7.42. The molecule has 1 aromatic carbocycles. The zero-order valence-corrected chi connectivity index (χ0v) is 19.0. The third-order valence-corrected chi connectivity index (χ3v) is 6.05. The first-order chi connectivity index (χ1) is 14.4. The smallest absolute Gasteiger partial charge is 0.233 e. The molecular formula is C20H27ClFN5O2S. The molecule has 1 aliphatic heterocycles. The summed E-state index contributed by atoms with van der Waals surface area (Å²) in [6, 6.07) is 4.51. The average Bonchev–Trinajstić information content (AvgIpc) is 3.11. The van der Waals surface area contributed by atoms with E-state index >= 15 is 0 Å². The molecule has 0 N–H and O–H groups in total. The number of benzene rings is 1. The van der Waals surface area contributed by atoms with Crippen molar-refractivity contribution < 1.29 is 13.9 Å². The predicted molar refractivity (Wildman–Crippen MR) is 117 cm³/mol. The predicted octanol–water partition coefficient (Wildman–Crippen LogP) is 3.31. The summed E-state index contributed by atoms with van der Waals surface area (Å²) in [7, 11) is 1.64. The van der Waals surface area contributed by atoms with E-state index in [1.54, 1.807) is 19.2 Å². The van der Waals surface area contributed by atoms with Gasteiger partial charge in [0, 0.05) is 43.8 Å². The lowest BCUT2D eigenvalue weighted by molar-refractivity contribution is -0.127. The Balaban J connectivity index is 1.66. The zero-order valence-electron chi connectivity index (χ0n) is 17.5. The second-order valence-corrected chi connectivity index (χ2v) is 8.97. The first-order valence-corrected chi connectivity index (χ1v) is 11.3. The summed E-state index contributed by atoms with van der Waals surface area (Å²) in [5.74, 6) is 0.852. The number of aromatic nitrogens is 3. The topological polar surface area (TPSA) is 63.5 Å². The third-order valence-electron chi connectivity index (χ3n) is 4.75. The molecular weight excluding hydrogens is 429 g/mol. The monoisotopic (exact) mass is 455 g/mol. The molecule has 1 fully saturated rings. The summed E-state index contributed by atoms with van der Waals surface area (Å²) in [5.41, 5.74) is 0.317. The van der Waals surface area contributed by atoms with Gasteiger partial charge in [0.1, 0.15) is 5.82 Å². The number of carbonyl (C=O) groups is 1. The molecule has 1 aromatic heterocycles. The molecule has 0 spiro atoms. The molecule has 1 aliphatic rings. The average molecular weight is 456 g/mol. The van der Waals surface area contributed by atoms with E-state index in [1.165, 1.54) is 22.7 Å². The van der Waals surface area contributed by atoms with Gasteiger partial charge < -0.3 is 14.5 Å². The van der Waals surface area contributed by atoms with Crippen LogP contribution in [0.5, 0.6) is 0 Å². The number of hydrogen-bond acceptors (Lipinski definition) is 6. The summed E-state index contributed by atoms with van der Waals surface area (Å²) in [6.45, 7) is 8.01. The fourth-order valence-corrected chi connectivity index (χ4v) is 4.26. The van der Waals surface area contributed by atoms with E-state index in [9.17, 15) is 9.18 Å². The van der Waals surface area contributed by atoms with Gasteiger partial charge in [0.15, 0.2) is 5.16 Å². The molecule has 0 aliphatic carbocycles. The molecule has 30 heavy (non-hydrogen) atoms. The van der Waals surface area contributed by atoms with Gasteiger partial charge in [-0.2, -0.15) is 0 Å². The van der Waals surface area contributed by atoms with Crippen molar-refractivity contribution in [2.45, 2.75) is 32.1 Å². The van der Waals surface area contributed by atoms with Gasteiger partial charge in [-0.1, -0.05) is 43.3 Å². The van der Waals surface area contributed by atoms with E-state index in [2.05, 4.69) is 33.5 Å². The van der Waals surface area contributed by atoms with Crippen molar-refractivity contribution in [3.05, 3.63) is 34.6 Å². The van der Waals surface area contributed by atoms with E-state index in [-0.39, 0.29) is 18.2 Å². The lowest BCUT2D eigenvalue weighted by atomic mass is 10.2. The largest absolute Gasteiger partial charge is 0.378 e. The van der Waals surface area contributed by atoms with Crippen LogP contribution in [0.2, 0.25) is 5.02 Å². The Morgan fingerprint density at radius 2 is 2.07 bits per heavy atom. The summed E-state index contributed by atoms with van der Waals surface area (Å²) in [6.07, 6.45) is 0. The van der Waals surface area contributed by atoms with Crippen molar-refractivity contribution in [1.82, 2.24) is 19.7 Å². The Morgan fingerprint density at radius 3 is 2.73 bits per heavy atom. The van der Waals surface area contributed by atoms with Crippen molar-refractivity contribution in [1.29, 1.82) is 0 Å². The van der Waals surface area contributed by atoms with E-state index in [0.717, 1.165) is 25.6 Å². The molecule has 0 radical (unpaired) electrons. The molecule has 0 bridgehead atoms. The molecule has 2 aromatic rings. The number of anilines is 1. The maximum atomic E-state index is 14.0. The molecule has 0 saturated carbocycles. The maximum Gasteiger partial charge on any atom is 0.233 e. The Bertz CT molecular complexity index is 853. The number of hydrogen-bond donors (Lipinski definition) is 0. The van der Waals surface area contributed by atoms with E-state index in [4.69, 9.17) is 16.3 Å². The number of amides is 1. The SMILES string of the molecule is CC(C)Cn1c(SCC(=O)N(C)Cc2c(F)cccc2Cl)nnc1N1CCOCC1. The highest BCUT2D eigenvalue weighted by Gasteiger charge is 2.22. The van der Waals surface area contributed by atoms with Gasteiger partial charge in [-0.25, -0.2) is 4.39 Å². The number of rotatable bonds is 8. The normalized spacial score (nSPS) is 14.4.